The molecule has 16 heavy (non-hydrogen) atoms. The Kier molecular flexibility index (Phi) is 4.06. The monoisotopic (exact) mass is 247 g/mol. The molecule has 1 heterocycles. The van der Waals surface area contributed by atoms with E-state index in [2.05, 4.69) is 27.7 Å². The Balaban J connectivity index is 2.97. The SMILES string of the molecule is CC(C)C1(C(C)C)CCCN(S(C)(=O)=O)C1. The van der Waals surface area contributed by atoms with Crippen molar-refractivity contribution in [1.29, 1.82) is 0 Å². The molecule has 0 bridgehead atoms. The maximum absolute atomic E-state index is 11.6. The zero-order valence-corrected chi connectivity index (χ0v) is 12.0. The molecule has 3 nitrogen and oxygen atoms in total. The zero-order valence-electron chi connectivity index (χ0n) is 11.2. The summed E-state index contributed by atoms with van der Waals surface area (Å²) in [6.45, 7) is 10.2. The van der Waals surface area contributed by atoms with E-state index in [1.807, 2.05) is 0 Å². The second-order valence-corrected chi connectivity index (χ2v) is 7.73. The van der Waals surface area contributed by atoms with Gasteiger partial charge in [-0.05, 0) is 30.1 Å². The third kappa shape index (κ3) is 2.59. The maximum Gasteiger partial charge on any atom is 0.211 e. The normalized spacial score (nSPS) is 22.9. The van der Waals surface area contributed by atoms with Crippen molar-refractivity contribution in [2.24, 2.45) is 17.3 Å². The van der Waals surface area contributed by atoms with Gasteiger partial charge in [0.2, 0.25) is 10.0 Å². The third-order valence-corrected chi connectivity index (χ3v) is 5.54. The van der Waals surface area contributed by atoms with E-state index in [0.717, 1.165) is 12.8 Å². The fraction of sp³-hybridized carbons (Fsp3) is 1.00. The average Bonchev–Trinajstić information content (AvgIpc) is 2.16. The molecule has 96 valence electrons. The van der Waals surface area contributed by atoms with Gasteiger partial charge in [-0.25, -0.2) is 12.7 Å². The molecule has 1 rings (SSSR count). The van der Waals surface area contributed by atoms with Crippen LogP contribution in [-0.4, -0.2) is 32.1 Å². The van der Waals surface area contributed by atoms with Crippen LogP contribution >= 0.6 is 0 Å². The van der Waals surface area contributed by atoms with E-state index in [4.69, 9.17) is 0 Å². The van der Waals surface area contributed by atoms with Crippen LogP contribution in [0, 0.1) is 17.3 Å². The number of hydrogen-bond donors (Lipinski definition) is 0. The summed E-state index contributed by atoms with van der Waals surface area (Å²) in [7, 11) is -3.03. The molecular formula is C12H25NO2S. The van der Waals surface area contributed by atoms with Gasteiger partial charge in [-0.2, -0.15) is 0 Å². The predicted molar refractivity (Wildman–Crippen MR) is 67.8 cm³/mol. The molecule has 1 aliphatic rings. The Bertz CT molecular complexity index is 325. The van der Waals surface area contributed by atoms with Gasteiger partial charge in [0.15, 0.2) is 0 Å². The molecule has 0 aromatic heterocycles. The van der Waals surface area contributed by atoms with Gasteiger partial charge >= 0.3 is 0 Å². The quantitative estimate of drug-likeness (QED) is 0.767. The highest BCUT2D eigenvalue weighted by Gasteiger charge is 2.42. The smallest absolute Gasteiger partial charge is 0.211 e. The highest BCUT2D eigenvalue weighted by molar-refractivity contribution is 7.88. The Morgan fingerprint density at radius 2 is 1.62 bits per heavy atom. The fourth-order valence-electron chi connectivity index (χ4n) is 2.96. The van der Waals surface area contributed by atoms with E-state index in [1.54, 1.807) is 4.31 Å². The zero-order chi connectivity index (χ0) is 12.6. The molecule has 0 unspecified atom stereocenters. The van der Waals surface area contributed by atoms with E-state index in [0.29, 0.717) is 24.9 Å². The van der Waals surface area contributed by atoms with E-state index < -0.39 is 10.0 Å². The Hall–Kier alpha value is -0.0900. The molecule has 0 aromatic rings. The molecule has 0 aliphatic carbocycles. The molecule has 0 atom stereocenters. The number of rotatable bonds is 3. The Labute approximate surface area is 100 Å². The van der Waals surface area contributed by atoms with Crippen molar-refractivity contribution in [2.75, 3.05) is 19.3 Å². The van der Waals surface area contributed by atoms with Crippen LogP contribution in [0.3, 0.4) is 0 Å². The second kappa shape index (κ2) is 4.65. The van der Waals surface area contributed by atoms with Crippen molar-refractivity contribution in [3.63, 3.8) is 0 Å². The first-order valence-corrected chi connectivity index (χ1v) is 8.00. The summed E-state index contributed by atoms with van der Waals surface area (Å²) in [5.41, 5.74) is 0.154. The summed E-state index contributed by atoms with van der Waals surface area (Å²) in [5.74, 6) is 1.05. The van der Waals surface area contributed by atoms with Gasteiger partial charge in [0.1, 0.15) is 0 Å². The molecule has 1 fully saturated rings. The van der Waals surface area contributed by atoms with Crippen LogP contribution in [0.25, 0.3) is 0 Å². The summed E-state index contributed by atoms with van der Waals surface area (Å²) in [6.07, 6.45) is 3.46. The predicted octanol–water partition coefficient (Wildman–Crippen LogP) is 2.34. The van der Waals surface area contributed by atoms with Crippen LogP contribution in [0.2, 0.25) is 0 Å². The molecule has 0 radical (unpaired) electrons. The van der Waals surface area contributed by atoms with Crippen LogP contribution in [0.1, 0.15) is 40.5 Å². The summed E-state index contributed by atoms with van der Waals surface area (Å²) in [6, 6.07) is 0. The van der Waals surface area contributed by atoms with Crippen LogP contribution in [0.4, 0.5) is 0 Å². The molecule has 1 saturated heterocycles. The molecule has 0 spiro atoms. The van der Waals surface area contributed by atoms with Crippen LogP contribution < -0.4 is 0 Å². The van der Waals surface area contributed by atoms with Gasteiger partial charge in [0.25, 0.3) is 0 Å². The maximum atomic E-state index is 11.6. The molecule has 0 saturated carbocycles. The van der Waals surface area contributed by atoms with Gasteiger partial charge in [-0.1, -0.05) is 27.7 Å². The minimum absolute atomic E-state index is 0.154. The standard InChI is InChI=1S/C12H25NO2S/c1-10(2)12(11(3)4)7-6-8-13(9-12)16(5,14)15/h10-11H,6-9H2,1-5H3. The highest BCUT2D eigenvalue weighted by atomic mass is 32.2. The third-order valence-electron chi connectivity index (χ3n) is 4.29. The Morgan fingerprint density at radius 1 is 1.12 bits per heavy atom. The van der Waals surface area contributed by atoms with Gasteiger partial charge in [0, 0.05) is 13.1 Å². The molecule has 1 aliphatic heterocycles. The number of nitrogens with zero attached hydrogens (tertiary/aromatic N) is 1. The Morgan fingerprint density at radius 3 is 2.00 bits per heavy atom. The first kappa shape index (κ1) is 14.0. The lowest BCUT2D eigenvalue weighted by Crippen LogP contribution is -2.50. The molecule has 0 aromatic carbocycles. The fourth-order valence-corrected chi connectivity index (χ4v) is 3.90. The molecular weight excluding hydrogens is 222 g/mol. The number of piperidine rings is 1. The lowest BCUT2D eigenvalue weighted by atomic mass is 9.65. The number of hydrogen-bond acceptors (Lipinski definition) is 2. The van der Waals surface area contributed by atoms with Crippen LogP contribution in [0.15, 0.2) is 0 Å². The second-order valence-electron chi connectivity index (χ2n) is 5.74. The average molecular weight is 247 g/mol. The summed E-state index contributed by atoms with van der Waals surface area (Å²) < 4.78 is 25.0. The topological polar surface area (TPSA) is 37.4 Å². The van der Waals surface area contributed by atoms with E-state index in [9.17, 15) is 8.42 Å². The van der Waals surface area contributed by atoms with Crippen molar-refractivity contribution in [3.05, 3.63) is 0 Å². The molecule has 0 N–H and O–H groups in total. The van der Waals surface area contributed by atoms with Crippen LogP contribution in [-0.2, 0) is 10.0 Å². The summed E-state index contributed by atoms with van der Waals surface area (Å²) in [4.78, 5) is 0. The van der Waals surface area contributed by atoms with Crippen molar-refractivity contribution < 1.29 is 8.42 Å². The van der Waals surface area contributed by atoms with Gasteiger partial charge in [-0.3, -0.25) is 0 Å². The van der Waals surface area contributed by atoms with Crippen molar-refractivity contribution in [3.8, 4) is 0 Å². The number of sulfonamides is 1. The van der Waals surface area contributed by atoms with Gasteiger partial charge in [-0.15, -0.1) is 0 Å². The first-order chi connectivity index (χ1) is 7.20. The van der Waals surface area contributed by atoms with E-state index >= 15 is 0 Å². The van der Waals surface area contributed by atoms with Crippen LogP contribution in [0.5, 0.6) is 0 Å². The minimum Gasteiger partial charge on any atom is -0.213 e. The lowest BCUT2D eigenvalue weighted by Gasteiger charge is -2.47. The van der Waals surface area contributed by atoms with E-state index in [1.165, 1.54) is 6.26 Å². The van der Waals surface area contributed by atoms with Gasteiger partial charge < -0.3 is 0 Å². The largest absolute Gasteiger partial charge is 0.213 e. The lowest BCUT2D eigenvalue weighted by molar-refractivity contribution is 0.0400. The van der Waals surface area contributed by atoms with Crippen molar-refractivity contribution in [1.82, 2.24) is 4.31 Å². The first-order valence-electron chi connectivity index (χ1n) is 6.15. The highest BCUT2D eigenvalue weighted by Crippen LogP contribution is 2.43. The van der Waals surface area contributed by atoms with E-state index in [-0.39, 0.29) is 5.41 Å². The minimum atomic E-state index is -3.03. The molecule has 0 amide bonds. The van der Waals surface area contributed by atoms with Crippen molar-refractivity contribution >= 4 is 10.0 Å². The van der Waals surface area contributed by atoms with Crippen molar-refractivity contribution in [2.45, 2.75) is 40.5 Å². The molecule has 4 heteroatoms. The summed E-state index contributed by atoms with van der Waals surface area (Å²) >= 11 is 0. The summed E-state index contributed by atoms with van der Waals surface area (Å²) in [5, 5.41) is 0. The van der Waals surface area contributed by atoms with Gasteiger partial charge in [0.05, 0.1) is 6.26 Å².